The van der Waals surface area contributed by atoms with Crippen molar-refractivity contribution in [1.82, 2.24) is 5.32 Å². The molecule has 2 heteroatoms. The van der Waals surface area contributed by atoms with Crippen molar-refractivity contribution in [3.63, 3.8) is 0 Å². The highest BCUT2D eigenvalue weighted by atomic mass is 32.1. The van der Waals surface area contributed by atoms with Crippen molar-refractivity contribution >= 4 is 12.6 Å². The first-order valence-corrected chi connectivity index (χ1v) is 7.93. The van der Waals surface area contributed by atoms with Gasteiger partial charge in [0.15, 0.2) is 0 Å². The predicted octanol–water partition coefficient (Wildman–Crippen LogP) is 3.72. The molecule has 0 aromatic heterocycles. The molecule has 3 aliphatic carbocycles. The van der Waals surface area contributed by atoms with Crippen LogP contribution in [0.25, 0.3) is 0 Å². The van der Waals surface area contributed by atoms with Crippen LogP contribution in [0.1, 0.15) is 12.8 Å². The first-order chi connectivity index (χ1) is 9.83. The predicted molar refractivity (Wildman–Crippen MR) is 87.6 cm³/mol. The molecule has 102 valence electrons. The van der Waals surface area contributed by atoms with E-state index in [9.17, 15) is 0 Å². The van der Waals surface area contributed by atoms with Crippen LogP contribution in [-0.4, -0.2) is 11.3 Å². The summed E-state index contributed by atoms with van der Waals surface area (Å²) >= 11 is 4.72. The van der Waals surface area contributed by atoms with Crippen LogP contribution in [0.4, 0.5) is 0 Å². The summed E-state index contributed by atoms with van der Waals surface area (Å²) in [6.07, 6.45) is 22.4. The molecule has 0 spiro atoms. The Balaban J connectivity index is 1.65. The van der Waals surface area contributed by atoms with Gasteiger partial charge >= 0.3 is 0 Å². The zero-order valence-corrected chi connectivity index (χ0v) is 12.3. The second kappa shape index (κ2) is 4.85. The number of hydrogen-bond acceptors (Lipinski definition) is 2. The van der Waals surface area contributed by atoms with Gasteiger partial charge in [-0.25, -0.2) is 0 Å². The summed E-state index contributed by atoms with van der Waals surface area (Å²) < 4.78 is 0. The maximum Gasteiger partial charge on any atom is 0.0548 e. The number of fused-ring (bicyclic) bond motifs is 2. The molecule has 0 fully saturated rings. The van der Waals surface area contributed by atoms with Crippen LogP contribution in [-0.2, 0) is 0 Å². The number of allylic oxidation sites excluding steroid dienone is 8. The maximum atomic E-state index is 4.72. The average Bonchev–Trinajstić information content (AvgIpc) is 2.85. The Morgan fingerprint density at radius 3 is 2.50 bits per heavy atom. The molecule has 0 aromatic rings. The second-order valence-electron chi connectivity index (χ2n) is 5.91. The molecule has 1 aliphatic heterocycles. The molecule has 0 bridgehead atoms. The van der Waals surface area contributed by atoms with Crippen molar-refractivity contribution in [2.45, 2.75) is 24.1 Å². The van der Waals surface area contributed by atoms with Crippen molar-refractivity contribution in [1.29, 1.82) is 0 Å². The topological polar surface area (TPSA) is 12.0 Å². The van der Waals surface area contributed by atoms with Gasteiger partial charge < -0.3 is 5.32 Å². The van der Waals surface area contributed by atoms with E-state index in [0.717, 1.165) is 12.8 Å². The SMILES string of the molecule is SC1C=CC=CC1C1=CC2=C(CC1)NC1C=CC=CC21. The van der Waals surface area contributed by atoms with Crippen molar-refractivity contribution in [3.8, 4) is 0 Å². The van der Waals surface area contributed by atoms with Gasteiger partial charge in [-0.1, -0.05) is 60.3 Å². The third-order valence-electron chi connectivity index (χ3n) is 4.72. The van der Waals surface area contributed by atoms with Crippen LogP contribution >= 0.6 is 12.6 Å². The minimum absolute atomic E-state index is 0.320. The van der Waals surface area contributed by atoms with Crippen LogP contribution in [0.15, 0.2) is 71.5 Å². The average molecular weight is 281 g/mol. The lowest BCUT2D eigenvalue weighted by Gasteiger charge is -2.26. The Morgan fingerprint density at radius 1 is 0.900 bits per heavy atom. The van der Waals surface area contributed by atoms with Crippen molar-refractivity contribution in [3.05, 3.63) is 71.5 Å². The summed E-state index contributed by atoms with van der Waals surface area (Å²) in [5.74, 6) is 0.978. The van der Waals surface area contributed by atoms with E-state index in [1.807, 2.05) is 0 Å². The minimum atomic E-state index is 0.320. The molecule has 0 saturated heterocycles. The van der Waals surface area contributed by atoms with Gasteiger partial charge in [-0.3, -0.25) is 0 Å². The molecule has 0 aromatic carbocycles. The largest absolute Gasteiger partial charge is 0.381 e. The highest BCUT2D eigenvalue weighted by Gasteiger charge is 2.34. The lowest BCUT2D eigenvalue weighted by molar-refractivity contribution is 0.623. The first-order valence-electron chi connectivity index (χ1n) is 7.41. The molecule has 4 unspecified atom stereocenters. The molecule has 20 heavy (non-hydrogen) atoms. The van der Waals surface area contributed by atoms with Gasteiger partial charge in [0.05, 0.1) is 6.04 Å². The number of nitrogens with one attached hydrogen (secondary N) is 1. The second-order valence-corrected chi connectivity index (χ2v) is 6.50. The fraction of sp³-hybridized carbons (Fsp3) is 0.333. The molecule has 1 heterocycles. The van der Waals surface area contributed by atoms with E-state index in [-0.39, 0.29) is 0 Å². The monoisotopic (exact) mass is 281 g/mol. The zero-order chi connectivity index (χ0) is 13.5. The Kier molecular flexibility index (Phi) is 2.99. The van der Waals surface area contributed by atoms with E-state index in [2.05, 4.69) is 60.0 Å². The summed E-state index contributed by atoms with van der Waals surface area (Å²) in [4.78, 5) is 0. The van der Waals surface area contributed by atoms with Gasteiger partial charge in [-0.05, 0) is 18.4 Å². The van der Waals surface area contributed by atoms with E-state index in [1.54, 1.807) is 0 Å². The quantitative estimate of drug-likeness (QED) is 0.698. The summed E-state index contributed by atoms with van der Waals surface area (Å²) in [6.45, 7) is 0. The summed E-state index contributed by atoms with van der Waals surface area (Å²) in [5, 5.41) is 4.00. The lowest BCUT2D eigenvalue weighted by atomic mass is 9.81. The molecule has 4 aliphatic rings. The van der Waals surface area contributed by atoms with Gasteiger partial charge in [0.1, 0.15) is 0 Å². The summed E-state index contributed by atoms with van der Waals surface area (Å²) in [6, 6.07) is 0.467. The third kappa shape index (κ3) is 1.94. The Labute approximate surface area is 125 Å². The number of thiol groups is 1. The third-order valence-corrected chi connectivity index (χ3v) is 5.22. The molecule has 4 atom stereocenters. The zero-order valence-electron chi connectivity index (χ0n) is 11.4. The van der Waals surface area contributed by atoms with E-state index in [4.69, 9.17) is 12.6 Å². The molecule has 0 radical (unpaired) electrons. The number of hydrogen-bond donors (Lipinski definition) is 2. The van der Waals surface area contributed by atoms with Crippen molar-refractivity contribution in [2.24, 2.45) is 11.8 Å². The lowest BCUT2D eigenvalue weighted by Crippen LogP contribution is -2.26. The van der Waals surface area contributed by atoms with E-state index < -0.39 is 0 Å². The molecule has 0 amide bonds. The smallest absolute Gasteiger partial charge is 0.0548 e. The van der Waals surface area contributed by atoms with Crippen molar-refractivity contribution < 1.29 is 0 Å². The van der Waals surface area contributed by atoms with Crippen LogP contribution < -0.4 is 5.32 Å². The highest BCUT2D eigenvalue weighted by Crippen LogP contribution is 2.40. The maximum absolute atomic E-state index is 4.72. The molecular weight excluding hydrogens is 262 g/mol. The van der Waals surface area contributed by atoms with E-state index in [0.29, 0.717) is 23.1 Å². The molecular formula is C18H19NS. The van der Waals surface area contributed by atoms with E-state index in [1.165, 1.54) is 16.8 Å². The number of rotatable bonds is 1. The Hall–Kier alpha value is -1.41. The molecule has 0 saturated carbocycles. The Morgan fingerprint density at radius 2 is 1.65 bits per heavy atom. The first kappa shape index (κ1) is 12.3. The normalized spacial score (nSPS) is 37.5. The van der Waals surface area contributed by atoms with Gasteiger partial charge in [0.2, 0.25) is 0 Å². The van der Waals surface area contributed by atoms with Crippen LogP contribution in [0.5, 0.6) is 0 Å². The summed E-state index contributed by atoms with van der Waals surface area (Å²) in [5.41, 5.74) is 4.49. The van der Waals surface area contributed by atoms with Crippen molar-refractivity contribution in [2.75, 3.05) is 0 Å². The van der Waals surface area contributed by atoms with Gasteiger partial charge in [-0.15, -0.1) is 0 Å². The standard InChI is InChI=1S/C18H19NS/c20-18-8-4-2-5-13(18)12-9-10-17-15(11-12)14-6-1-3-7-16(14)19-17/h1-8,11,13-14,16,18-20H,9-10H2. The van der Waals surface area contributed by atoms with Crippen LogP contribution in [0, 0.1) is 11.8 Å². The van der Waals surface area contributed by atoms with Crippen LogP contribution in [0.2, 0.25) is 0 Å². The van der Waals surface area contributed by atoms with Gasteiger partial charge in [0.25, 0.3) is 0 Å². The van der Waals surface area contributed by atoms with Gasteiger partial charge in [-0.2, -0.15) is 12.6 Å². The molecule has 4 rings (SSSR count). The summed E-state index contributed by atoms with van der Waals surface area (Å²) in [7, 11) is 0. The molecule has 1 nitrogen and oxygen atoms in total. The molecule has 1 N–H and O–H groups in total. The fourth-order valence-electron chi connectivity index (χ4n) is 3.67. The van der Waals surface area contributed by atoms with E-state index >= 15 is 0 Å². The fourth-order valence-corrected chi connectivity index (χ4v) is 4.06. The Bertz CT molecular complexity index is 603. The van der Waals surface area contributed by atoms with Gasteiger partial charge in [0, 0.05) is 22.8 Å². The minimum Gasteiger partial charge on any atom is -0.381 e. The highest BCUT2D eigenvalue weighted by molar-refractivity contribution is 7.81. The van der Waals surface area contributed by atoms with Crippen LogP contribution in [0.3, 0.4) is 0 Å².